The summed E-state index contributed by atoms with van der Waals surface area (Å²) in [5.74, 6) is -0.586. The smallest absolute Gasteiger partial charge is 0.140 e. The molecule has 0 rings (SSSR count). The fourth-order valence-corrected chi connectivity index (χ4v) is 1.15. The number of rotatable bonds is 6. The summed E-state index contributed by atoms with van der Waals surface area (Å²) in [6.45, 7) is 3.00. The third-order valence-electron chi connectivity index (χ3n) is 1.88. The molecule has 3 nitrogen and oxygen atoms in total. The molecule has 1 N–H and O–H groups in total. The van der Waals surface area contributed by atoms with Gasteiger partial charge in [0.15, 0.2) is 0 Å². The van der Waals surface area contributed by atoms with Crippen molar-refractivity contribution in [1.82, 2.24) is 0 Å². The number of carbonyl (C=O) groups is 2. The van der Waals surface area contributed by atoms with Gasteiger partial charge in [0.2, 0.25) is 0 Å². The van der Waals surface area contributed by atoms with Crippen LogP contribution in [0.5, 0.6) is 0 Å². The van der Waals surface area contributed by atoms with Crippen molar-refractivity contribution < 1.29 is 40.9 Å². The molecule has 0 aromatic carbocycles. The molecule has 0 amide bonds. The molecule has 0 unspecified atom stereocenters. The first kappa shape index (κ1) is 15.6. The summed E-state index contributed by atoms with van der Waals surface area (Å²) in [5, 5.41) is 8.49. The van der Waals surface area contributed by atoms with E-state index in [-0.39, 0.29) is 44.4 Å². The van der Waals surface area contributed by atoms with Gasteiger partial charge in [0, 0.05) is 32.8 Å². The Kier molecular flexibility index (Phi) is 10.6. The molecule has 0 aromatic rings. The van der Waals surface area contributed by atoms with Crippen LogP contribution < -0.4 is 0 Å². The third-order valence-corrected chi connectivity index (χ3v) is 1.88. The first-order valence-corrected chi connectivity index (χ1v) is 4.21. The molecule has 0 saturated heterocycles. The first-order chi connectivity index (χ1) is 5.59. The number of aliphatic hydroxyl groups is 1. The van der Waals surface area contributed by atoms with Gasteiger partial charge in [-0.05, 0) is 26.7 Å². The normalized spacial score (nSPS) is 9.54. The minimum Gasteiger partial charge on any atom is -0.396 e. The molecule has 13 heavy (non-hydrogen) atoms. The van der Waals surface area contributed by atoms with Crippen molar-refractivity contribution in [3.05, 3.63) is 0 Å². The summed E-state index contributed by atoms with van der Waals surface area (Å²) >= 11 is 0. The van der Waals surface area contributed by atoms with E-state index in [9.17, 15) is 9.59 Å². The Balaban J connectivity index is 0. The Hall–Kier alpha value is 0.183. The number of aliphatic hydroxyl groups excluding tert-OH is 1. The predicted molar refractivity (Wildman–Crippen MR) is 45.8 cm³/mol. The fourth-order valence-electron chi connectivity index (χ4n) is 1.15. The summed E-state index contributed by atoms with van der Waals surface area (Å²) in [5.41, 5.74) is 0. The van der Waals surface area contributed by atoms with E-state index in [1.54, 1.807) is 0 Å². The van der Waals surface area contributed by atoms with Crippen molar-refractivity contribution in [2.45, 2.75) is 33.1 Å². The Morgan fingerprint density at radius 2 is 1.62 bits per heavy atom. The molecule has 0 heterocycles. The van der Waals surface area contributed by atoms with Crippen molar-refractivity contribution in [3.63, 3.8) is 0 Å². The van der Waals surface area contributed by atoms with Crippen LogP contribution in [-0.2, 0) is 35.8 Å². The van der Waals surface area contributed by atoms with E-state index in [2.05, 4.69) is 0 Å². The quantitative estimate of drug-likeness (QED) is 0.573. The molecule has 0 spiro atoms. The third kappa shape index (κ3) is 7.27. The molecular formula is C9H16O3Zr. The van der Waals surface area contributed by atoms with E-state index in [4.69, 9.17) is 5.11 Å². The summed E-state index contributed by atoms with van der Waals surface area (Å²) in [7, 11) is 0. The van der Waals surface area contributed by atoms with Crippen LogP contribution in [0.1, 0.15) is 33.1 Å². The largest absolute Gasteiger partial charge is 0.396 e. The summed E-state index contributed by atoms with van der Waals surface area (Å²) in [6.07, 6.45) is 1.97. The Morgan fingerprint density at radius 1 is 1.15 bits per heavy atom. The monoisotopic (exact) mass is 262 g/mol. The summed E-state index contributed by atoms with van der Waals surface area (Å²) < 4.78 is 0. The van der Waals surface area contributed by atoms with Gasteiger partial charge in [-0.15, -0.1) is 0 Å². The van der Waals surface area contributed by atoms with Gasteiger partial charge >= 0.3 is 0 Å². The van der Waals surface area contributed by atoms with Crippen LogP contribution in [0.15, 0.2) is 0 Å². The second kappa shape index (κ2) is 8.77. The molecular weight excluding hydrogens is 247 g/mol. The summed E-state index contributed by atoms with van der Waals surface area (Å²) in [6, 6.07) is 0. The molecule has 0 aromatic heterocycles. The predicted octanol–water partition coefficient (Wildman–Crippen LogP) is 0.941. The second-order valence-electron chi connectivity index (χ2n) is 2.99. The maximum Gasteiger partial charge on any atom is 0.140 e. The zero-order chi connectivity index (χ0) is 9.56. The fraction of sp³-hybridized carbons (Fsp3) is 0.778. The minimum absolute atomic E-state index is 0. The van der Waals surface area contributed by atoms with Gasteiger partial charge in [-0.2, -0.15) is 0 Å². The van der Waals surface area contributed by atoms with Crippen LogP contribution in [0, 0.1) is 5.92 Å². The zero-order valence-corrected chi connectivity index (χ0v) is 10.6. The Labute approximate surface area is 98.0 Å². The molecule has 0 aliphatic heterocycles. The van der Waals surface area contributed by atoms with Crippen LogP contribution in [0.3, 0.4) is 0 Å². The zero-order valence-electron chi connectivity index (χ0n) is 8.17. The molecule has 4 heteroatoms. The van der Waals surface area contributed by atoms with Gasteiger partial charge in [0.25, 0.3) is 0 Å². The molecule has 0 saturated carbocycles. The van der Waals surface area contributed by atoms with Gasteiger partial charge < -0.3 is 5.11 Å². The van der Waals surface area contributed by atoms with Gasteiger partial charge in [-0.1, -0.05) is 6.42 Å². The van der Waals surface area contributed by atoms with Crippen molar-refractivity contribution in [1.29, 1.82) is 0 Å². The molecule has 74 valence electrons. The van der Waals surface area contributed by atoms with E-state index >= 15 is 0 Å². The maximum atomic E-state index is 10.9. The van der Waals surface area contributed by atoms with Crippen molar-refractivity contribution in [3.8, 4) is 0 Å². The number of carbonyl (C=O) groups excluding carboxylic acids is 2. The van der Waals surface area contributed by atoms with Crippen LogP contribution in [-0.4, -0.2) is 23.3 Å². The minimum atomic E-state index is -0.448. The van der Waals surface area contributed by atoms with E-state index in [1.165, 1.54) is 13.8 Å². The number of ketones is 2. The van der Waals surface area contributed by atoms with Crippen molar-refractivity contribution >= 4 is 11.6 Å². The van der Waals surface area contributed by atoms with E-state index < -0.39 is 5.92 Å². The standard InChI is InChI=1S/C9H16O3.Zr/c1-7(11)9(8(2)12)5-3-4-6-10;/h9-10H,3-6H2,1-2H3;. The molecule has 0 atom stereocenters. The van der Waals surface area contributed by atoms with Crippen LogP contribution in [0.2, 0.25) is 0 Å². The Bertz CT molecular complexity index is 154. The topological polar surface area (TPSA) is 54.4 Å². The number of Topliss-reactive ketones (excluding diaryl/α,β-unsaturated/α-hetero) is 2. The van der Waals surface area contributed by atoms with Gasteiger partial charge in [0.05, 0.1) is 5.92 Å². The van der Waals surface area contributed by atoms with Crippen LogP contribution in [0.25, 0.3) is 0 Å². The van der Waals surface area contributed by atoms with Crippen LogP contribution >= 0.6 is 0 Å². The maximum absolute atomic E-state index is 10.9. The van der Waals surface area contributed by atoms with Gasteiger partial charge in [-0.3, -0.25) is 9.59 Å². The Morgan fingerprint density at radius 3 is 1.92 bits per heavy atom. The van der Waals surface area contributed by atoms with E-state index in [1.807, 2.05) is 0 Å². The molecule has 0 fully saturated rings. The number of hydrogen-bond donors (Lipinski definition) is 1. The van der Waals surface area contributed by atoms with Gasteiger partial charge in [-0.25, -0.2) is 0 Å². The van der Waals surface area contributed by atoms with Crippen molar-refractivity contribution in [2.24, 2.45) is 5.92 Å². The van der Waals surface area contributed by atoms with E-state index in [0.717, 1.165) is 6.42 Å². The molecule has 0 bridgehead atoms. The average Bonchev–Trinajstić information content (AvgIpc) is 1.96. The average molecular weight is 263 g/mol. The van der Waals surface area contributed by atoms with Gasteiger partial charge in [0.1, 0.15) is 11.6 Å². The van der Waals surface area contributed by atoms with Crippen molar-refractivity contribution in [2.75, 3.05) is 6.61 Å². The summed E-state index contributed by atoms with van der Waals surface area (Å²) in [4.78, 5) is 21.8. The van der Waals surface area contributed by atoms with Crippen LogP contribution in [0.4, 0.5) is 0 Å². The SMILES string of the molecule is CC(=O)C(CCCCO)C(C)=O.[Zr]. The number of unbranched alkanes of at least 4 members (excludes halogenated alkanes) is 1. The molecule has 0 aliphatic carbocycles. The molecule has 0 aliphatic rings. The van der Waals surface area contributed by atoms with E-state index in [0.29, 0.717) is 12.8 Å². The number of hydrogen-bond acceptors (Lipinski definition) is 3. The molecule has 0 radical (unpaired) electrons. The first-order valence-electron chi connectivity index (χ1n) is 4.21. The second-order valence-corrected chi connectivity index (χ2v) is 2.99.